The number of nitrogens with one attached hydrogen (secondary N) is 1. The third kappa shape index (κ3) is 4.16. The van der Waals surface area contributed by atoms with Crippen LogP contribution in [0.5, 0.6) is 0 Å². The Kier molecular flexibility index (Phi) is 4.71. The number of hydrogen-bond donors (Lipinski definition) is 1. The fraction of sp³-hybridized carbons (Fsp3) is 0.706. The van der Waals surface area contributed by atoms with Gasteiger partial charge in [0.25, 0.3) is 17.4 Å². The van der Waals surface area contributed by atoms with Gasteiger partial charge in [0, 0.05) is 24.5 Å². The number of aromatic nitrogens is 1. The Labute approximate surface area is 156 Å². The highest BCUT2D eigenvalue weighted by Gasteiger charge is 2.43. The molecule has 0 aromatic carbocycles. The Bertz CT molecular complexity index is 907. The SMILES string of the molecule is O=C(CC1CC1)N=S1(=O)CCC2(CC1)CN(C(=O)c1cc(=O)[nH]o1)CCO2. The fourth-order valence-electron chi connectivity index (χ4n) is 3.67. The van der Waals surface area contributed by atoms with E-state index in [-0.39, 0.29) is 17.6 Å². The van der Waals surface area contributed by atoms with E-state index in [2.05, 4.69) is 9.52 Å². The lowest BCUT2D eigenvalue weighted by atomic mass is 9.94. The van der Waals surface area contributed by atoms with Gasteiger partial charge in [-0.2, -0.15) is 9.52 Å². The van der Waals surface area contributed by atoms with Crippen LogP contribution in [-0.4, -0.2) is 62.9 Å². The zero-order valence-corrected chi connectivity index (χ0v) is 15.8. The molecule has 3 fully saturated rings. The molecule has 148 valence electrons. The average Bonchev–Trinajstić information content (AvgIpc) is 3.34. The Balaban J connectivity index is 1.41. The van der Waals surface area contributed by atoms with Crippen LogP contribution in [-0.2, 0) is 19.3 Å². The minimum absolute atomic E-state index is 0.0303. The summed E-state index contributed by atoms with van der Waals surface area (Å²) in [6.07, 6.45) is 3.48. The van der Waals surface area contributed by atoms with Crippen LogP contribution >= 0.6 is 0 Å². The molecule has 0 bridgehead atoms. The van der Waals surface area contributed by atoms with Gasteiger partial charge >= 0.3 is 0 Å². The second kappa shape index (κ2) is 6.90. The molecule has 9 nitrogen and oxygen atoms in total. The van der Waals surface area contributed by atoms with Crippen molar-refractivity contribution in [3.8, 4) is 0 Å². The number of morpholine rings is 1. The third-order valence-corrected chi connectivity index (χ3v) is 7.67. The molecule has 10 heteroatoms. The van der Waals surface area contributed by atoms with E-state index in [1.54, 1.807) is 4.90 Å². The molecule has 1 spiro atoms. The Morgan fingerprint density at radius 2 is 2.07 bits per heavy atom. The molecule has 1 aromatic rings. The van der Waals surface area contributed by atoms with E-state index >= 15 is 0 Å². The van der Waals surface area contributed by atoms with Gasteiger partial charge in [-0.1, -0.05) is 0 Å². The topological polar surface area (TPSA) is 122 Å². The number of hydrogen-bond acceptors (Lipinski definition) is 6. The molecule has 1 saturated carbocycles. The maximum absolute atomic E-state index is 12.9. The van der Waals surface area contributed by atoms with Crippen molar-refractivity contribution in [3.63, 3.8) is 0 Å². The number of nitrogens with zero attached hydrogens (tertiary/aromatic N) is 2. The van der Waals surface area contributed by atoms with Gasteiger partial charge in [-0.15, -0.1) is 0 Å². The van der Waals surface area contributed by atoms with Gasteiger partial charge in [0.1, 0.15) is 0 Å². The molecule has 3 aliphatic rings. The van der Waals surface area contributed by atoms with Gasteiger partial charge in [-0.3, -0.25) is 14.4 Å². The van der Waals surface area contributed by atoms with Crippen LogP contribution in [0.2, 0.25) is 0 Å². The van der Waals surface area contributed by atoms with Crippen molar-refractivity contribution >= 4 is 21.5 Å². The fourth-order valence-corrected chi connectivity index (χ4v) is 5.88. The number of ether oxygens (including phenoxy) is 1. The van der Waals surface area contributed by atoms with Gasteiger partial charge < -0.3 is 14.2 Å². The zero-order chi connectivity index (χ0) is 19.1. The van der Waals surface area contributed by atoms with Gasteiger partial charge in [-0.25, -0.2) is 4.21 Å². The molecule has 27 heavy (non-hydrogen) atoms. The molecule has 2 saturated heterocycles. The summed E-state index contributed by atoms with van der Waals surface area (Å²) in [6, 6.07) is 1.13. The van der Waals surface area contributed by atoms with Gasteiger partial charge in [-0.05, 0) is 31.6 Å². The van der Waals surface area contributed by atoms with Crippen molar-refractivity contribution in [3.05, 3.63) is 22.2 Å². The first-order valence-electron chi connectivity index (χ1n) is 9.24. The molecule has 3 heterocycles. The van der Waals surface area contributed by atoms with E-state index in [9.17, 15) is 18.6 Å². The number of H-pyrrole nitrogens is 1. The number of rotatable bonds is 3. The highest BCUT2D eigenvalue weighted by molar-refractivity contribution is 7.93. The predicted molar refractivity (Wildman–Crippen MR) is 95.8 cm³/mol. The van der Waals surface area contributed by atoms with E-state index in [0.29, 0.717) is 56.4 Å². The summed E-state index contributed by atoms with van der Waals surface area (Å²) in [4.78, 5) is 37.3. The summed E-state index contributed by atoms with van der Waals surface area (Å²) in [5, 5.41) is 2.11. The molecule has 1 N–H and O–H groups in total. The standard InChI is InChI=1S/C17H23N3O6S/c21-14-10-13(26-18-14)16(23)20-5-6-25-17(11-20)3-7-27(24,8-4-17)19-15(22)9-12-1-2-12/h10,12H,1-9,11H2,(H,18,21). The van der Waals surface area contributed by atoms with Crippen molar-refractivity contribution in [2.24, 2.45) is 10.3 Å². The van der Waals surface area contributed by atoms with Crippen LogP contribution in [0.25, 0.3) is 0 Å². The van der Waals surface area contributed by atoms with Gasteiger partial charge in [0.05, 0.1) is 34.5 Å². The summed E-state index contributed by atoms with van der Waals surface area (Å²) in [5.41, 5.74) is -1.04. The van der Waals surface area contributed by atoms with E-state index in [1.165, 1.54) is 0 Å². The van der Waals surface area contributed by atoms with Crippen molar-refractivity contribution in [1.29, 1.82) is 0 Å². The third-order valence-electron chi connectivity index (χ3n) is 5.45. The maximum atomic E-state index is 12.9. The summed E-state index contributed by atoms with van der Waals surface area (Å²) in [6.45, 7) is 1.10. The van der Waals surface area contributed by atoms with Crippen LogP contribution in [0.15, 0.2) is 19.7 Å². The Morgan fingerprint density at radius 3 is 2.70 bits per heavy atom. The normalized spacial score (nSPS) is 31.0. The number of carbonyl (C=O) groups excluding carboxylic acids is 2. The Morgan fingerprint density at radius 1 is 1.33 bits per heavy atom. The van der Waals surface area contributed by atoms with Crippen LogP contribution in [0, 0.1) is 5.92 Å². The smallest absolute Gasteiger partial charge is 0.292 e. The largest absolute Gasteiger partial charge is 0.373 e. The molecule has 1 aromatic heterocycles. The molecule has 4 rings (SSSR count). The lowest BCUT2D eigenvalue weighted by Gasteiger charge is -2.45. The molecule has 2 aliphatic heterocycles. The second-order valence-corrected chi connectivity index (χ2v) is 10.2. The quantitative estimate of drug-likeness (QED) is 0.804. The summed E-state index contributed by atoms with van der Waals surface area (Å²) >= 11 is 0. The first kappa shape index (κ1) is 18.4. The minimum Gasteiger partial charge on any atom is -0.373 e. The molecule has 0 unspecified atom stereocenters. The van der Waals surface area contributed by atoms with Crippen LogP contribution < -0.4 is 5.56 Å². The number of carbonyl (C=O) groups is 2. The summed E-state index contributed by atoms with van der Waals surface area (Å²) in [7, 11) is -2.54. The van der Waals surface area contributed by atoms with Crippen molar-refractivity contribution < 1.29 is 23.1 Å². The van der Waals surface area contributed by atoms with Crippen LogP contribution in [0.3, 0.4) is 0 Å². The van der Waals surface area contributed by atoms with Crippen molar-refractivity contribution in [2.75, 3.05) is 31.2 Å². The number of aromatic amines is 1. The molecule has 0 atom stereocenters. The van der Waals surface area contributed by atoms with Gasteiger partial charge in [0.2, 0.25) is 5.76 Å². The van der Waals surface area contributed by atoms with E-state index in [0.717, 1.165) is 18.9 Å². The molecular weight excluding hydrogens is 374 g/mol. The summed E-state index contributed by atoms with van der Waals surface area (Å²) in [5.74, 6) is 0.371. The van der Waals surface area contributed by atoms with Crippen LogP contribution in [0.4, 0.5) is 0 Å². The van der Waals surface area contributed by atoms with Crippen molar-refractivity contribution in [2.45, 2.75) is 37.7 Å². The second-order valence-electron chi connectivity index (χ2n) is 7.65. The zero-order valence-electron chi connectivity index (χ0n) is 15.0. The maximum Gasteiger partial charge on any atom is 0.292 e. The highest BCUT2D eigenvalue weighted by Crippen LogP contribution is 2.34. The number of amides is 2. The molecule has 0 radical (unpaired) electrons. The molecular formula is C17H23N3O6S. The van der Waals surface area contributed by atoms with Crippen molar-refractivity contribution in [1.82, 2.24) is 10.1 Å². The first-order valence-corrected chi connectivity index (χ1v) is 11.1. The lowest BCUT2D eigenvalue weighted by molar-refractivity contribution is -0.118. The first-order chi connectivity index (χ1) is 12.9. The Hall–Kier alpha value is -1.94. The van der Waals surface area contributed by atoms with E-state index in [4.69, 9.17) is 9.26 Å². The summed E-state index contributed by atoms with van der Waals surface area (Å²) < 4.78 is 27.8. The molecule has 1 aliphatic carbocycles. The lowest BCUT2D eigenvalue weighted by Crippen LogP contribution is -2.56. The van der Waals surface area contributed by atoms with E-state index in [1.807, 2.05) is 0 Å². The van der Waals surface area contributed by atoms with Gasteiger partial charge in [0.15, 0.2) is 0 Å². The van der Waals surface area contributed by atoms with E-state index < -0.39 is 20.9 Å². The monoisotopic (exact) mass is 397 g/mol. The highest BCUT2D eigenvalue weighted by atomic mass is 32.2. The molecule has 2 amide bonds. The predicted octanol–water partition coefficient (Wildman–Crippen LogP) is 0.768. The minimum atomic E-state index is -2.54. The van der Waals surface area contributed by atoms with Crippen LogP contribution in [0.1, 0.15) is 42.7 Å². The average molecular weight is 397 g/mol.